The topological polar surface area (TPSA) is 33.5 Å². The summed E-state index contributed by atoms with van der Waals surface area (Å²) in [5.41, 5.74) is 0.717. The number of thiophene rings is 1. The number of nitrogens with zero attached hydrogens (tertiary/aromatic N) is 1. The molecule has 102 valence electrons. The molecular formula is C14H16BrNO2S. The predicted octanol–water partition coefficient (Wildman–Crippen LogP) is 4.46. The van der Waals surface area contributed by atoms with Crippen molar-refractivity contribution in [2.24, 2.45) is 0 Å². The van der Waals surface area contributed by atoms with Crippen LogP contribution in [0.15, 0.2) is 31.8 Å². The molecule has 0 aliphatic heterocycles. The number of rotatable bonds is 4. The van der Waals surface area contributed by atoms with Crippen molar-refractivity contribution in [3.63, 3.8) is 0 Å². The number of aryl methyl sites for hydroxylation is 1. The lowest BCUT2D eigenvalue weighted by atomic mass is 10.2. The third-order valence-corrected chi connectivity index (χ3v) is 4.33. The van der Waals surface area contributed by atoms with Crippen LogP contribution in [-0.4, -0.2) is 16.8 Å². The van der Waals surface area contributed by atoms with Crippen LogP contribution in [0.4, 0.5) is 0 Å². The Labute approximate surface area is 125 Å². The van der Waals surface area contributed by atoms with E-state index in [-0.39, 0.29) is 11.9 Å². The zero-order valence-electron chi connectivity index (χ0n) is 11.1. The van der Waals surface area contributed by atoms with E-state index in [1.54, 1.807) is 0 Å². The van der Waals surface area contributed by atoms with Crippen LogP contribution in [0.1, 0.15) is 35.7 Å². The summed E-state index contributed by atoms with van der Waals surface area (Å²) in [6.45, 7) is 6.42. The van der Waals surface area contributed by atoms with Crippen LogP contribution in [0.2, 0.25) is 0 Å². The van der Waals surface area contributed by atoms with Gasteiger partial charge < -0.3 is 9.32 Å². The lowest BCUT2D eigenvalue weighted by Crippen LogP contribution is -2.36. The maximum absolute atomic E-state index is 12.5. The van der Waals surface area contributed by atoms with Crippen molar-refractivity contribution in [3.05, 3.63) is 44.4 Å². The van der Waals surface area contributed by atoms with Gasteiger partial charge in [-0.15, -0.1) is 11.3 Å². The molecule has 0 aliphatic rings. The first-order chi connectivity index (χ1) is 8.97. The van der Waals surface area contributed by atoms with E-state index in [2.05, 4.69) is 15.9 Å². The molecule has 2 heterocycles. The molecule has 0 bridgehead atoms. The summed E-state index contributed by atoms with van der Waals surface area (Å²) in [5.74, 6) is 1.71. The first kappa shape index (κ1) is 14.3. The molecule has 0 aromatic carbocycles. The Morgan fingerprint density at radius 3 is 2.68 bits per heavy atom. The number of carbonyl (C=O) groups excluding carboxylic acids is 1. The second-order valence-corrected chi connectivity index (χ2v) is 6.97. The molecular weight excluding hydrogens is 326 g/mol. The zero-order chi connectivity index (χ0) is 14.0. The van der Waals surface area contributed by atoms with E-state index in [9.17, 15) is 4.79 Å². The van der Waals surface area contributed by atoms with Crippen LogP contribution in [0.5, 0.6) is 0 Å². The largest absolute Gasteiger partial charge is 0.464 e. The van der Waals surface area contributed by atoms with Gasteiger partial charge in [0.25, 0.3) is 5.91 Å². The number of furan rings is 1. The Morgan fingerprint density at radius 2 is 2.21 bits per heavy atom. The Kier molecular flexibility index (Phi) is 4.47. The Bertz CT molecular complexity index is 574. The fraction of sp³-hybridized carbons (Fsp3) is 0.357. The molecule has 3 nitrogen and oxygen atoms in total. The summed E-state index contributed by atoms with van der Waals surface area (Å²) >= 11 is 4.90. The summed E-state index contributed by atoms with van der Waals surface area (Å²) in [6, 6.07) is 5.81. The van der Waals surface area contributed by atoms with Gasteiger partial charge in [0, 0.05) is 11.4 Å². The van der Waals surface area contributed by atoms with Crippen molar-refractivity contribution in [1.82, 2.24) is 4.90 Å². The fourth-order valence-corrected chi connectivity index (χ4v) is 2.95. The maximum atomic E-state index is 12.5. The number of carbonyl (C=O) groups is 1. The highest BCUT2D eigenvalue weighted by Gasteiger charge is 2.21. The summed E-state index contributed by atoms with van der Waals surface area (Å²) in [6.07, 6.45) is 0. The number of amides is 1. The maximum Gasteiger partial charge on any atom is 0.255 e. The van der Waals surface area contributed by atoms with E-state index in [1.165, 1.54) is 11.3 Å². The zero-order valence-corrected chi connectivity index (χ0v) is 13.5. The van der Waals surface area contributed by atoms with Crippen molar-refractivity contribution in [1.29, 1.82) is 0 Å². The Balaban J connectivity index is 2.18. The van der Waals surface area contributed by atoms with Gasteiger partial charge in [-0.2, -0.15) is 0 Å². The molecule has 5 heteroatoms. The third-order valence-electron chi connectivity index (χ3n) is 2.82. The molecule has 0 spiro atoms. The molecule has 2 aromatic rings. The molecule has 2 aromatic heterocycles. The second-order valence-electron chi connectivity index (χ2n) is 4.68. The van der Waals surface area contributed by atoms with Crippen LogP contribution >= 0.6 is 27.3 Å². The van der Waals surface area contributed by atoms with Gasteiger partial charge in [-0.3, -0.25) is 4.79 Å². The molecule has 1 amide bonds. The Morgan fingerprint density at radius 1 is 1.47 bits per heavy atom. The number of hydrogen-bond acceptors (Lipinski definition) is 3. The molecule has 0 radical (unpaired) electrons. The quantitative estimate of drug-likeness (QED) is 0.822. The first-order valence-electron chi connectivity index (χ1n) is 6.07. The molecule has 19 heavy (non-hydrogen) atoms. The van der Waals surface area contributed by atoms with E-state index >= 15 is 0 Å². The second kappa shape index (κ2) is 5.92. The normalized spacial score (nSPS) is 11.0. The van der Waals surface area contributed by atoms with E-state index < -0.39 is 0 Å². The first-order valence-corrected chi connectivity index (χ1v) is 7.75. The number of halogens is 1. The number of hydrogen-bond donors (Lipinski definition) is 0. The molecule has 2 rings (SSSR count). The minimum Gasteiger partial charge on any atom is -0.464 e. The van der Waals surface area contributed by atoms with E-state index in [1.807, 2.05) is 49.3 Å². The highest BCUT2D eigenvalue weighted by molar-refractivity contribution is 9.11. The van der Waals surface area contributed by atoms with Crippen molar-refractivity contribution >= 4 is 33.2 Å². The molecule has 0 atom stereocenters. The highest BCUT2D eigenvalue weighted by atomic mass is 79.9. The molecule has 0 saturated carbocycles. The molecule has 0 fully saturated rings. The van der Waals surface area contributed by atoms with Crippen molar-refractivity contribution in [2.75, 3.05) is 0 Å². The lowest BCUT2D eigenvalue weighted by molar-refractivity contribution is 0.0676. The average molecular weight is 342 g/mol. The van der Waals surface area contributed by atoms with Gasteiger partial charge in [0.1, 0.15) is 11.5 Å². The van der Waals surface area contributed by atoms with E-state index in [0.29, 0.717) is 12.1 Å². The standard InChI is InChI=1S/C14H16BrNO2S/c1-9(2)16(7-12-5-4-10(3)18-12)14(17)11-6-13(15)19-8-11/h4-6,8-9H,7H2,1-3H3. The molecule has 0 saturated heterocycles. The molecule has 0 aliphatic carbocycles. The summed E-state index contributed by atoms with van der Waals surface area (Å²) in [7, 11) is 0. The smallest absolute Gasteiger partial charge is 0.255 e. The van der Waals surface area contributed by atoms with Crippen molar-refractivity contribution in [2.45, 2.75) is 33.4 Å². The van der Waals surface area contributed by atoms with Crippen molar-refractivity contribution in [3.8, 4) is 0 Å². The summed E-state index contributed by atoms with van der Waals surface area (Å²) in [4.78, 5) is 14.3. The van der Waals surface area contributed by atoms with Gasteiger partial charge in [-0.25, -0.2) is 0 Å². The van der Waals surface area contributed by atoms with Crippen LogP contribution in [0.3, 0.4) is 0 Å². The van der Waals surface area contributed by atoms with Crippen LogP contribution < -0.4 is 0 Å². The lowest BCUT2D eigenvalue weighted by Gasteiger charge is -2.25. The average Bonchev–Trinajstić information content (AvgIpc) is 2.94. The van der Waals surface area contributed by atoms with Crippen LogP contribution in [0.25, 0.3) is 0 Å². The summed E-state index contributed by atoms with van der Waals surface area (Å²) < 4.78 is 6.52. The SMILES string of the molecule is Cc1ccc(CN(C(=O)c2csc(Br)c2)C(C)C)o1. The monoisotopic (exact) mass is 341 g/mol. The predicted molar refractivity (Wildman–Crippen MR) is 80.5 cm³/mol. The molecule has 0 N–H and O–H groups in total. The van der Waals surface area contributed by atoms with E-state index in [4.69, 9.17) is 4.42 Å². The minimum atomic E-state index is 0.0333. The minimum absolute atomic E-state index is 0.0333. The Hall–Kier alpha value is -1.07. The third kappa shape index (κ3) is 3.48. The van der Waals surface area contributed by atoms with Gasteiger partial charge in [-0.05, 0) is 54.9 Å². The van der Waals surface area contributed by atoms with Gasteiger partial charge in [0.2, 0.25) is 0 Å². The fourth-order valence-electron chi connectivity index (χ4n) is 1.81. The summed E-state index contributed by atoms with van der Waals surface area (Å²) in [5, 5.41) is 1.87. The molecule has 0 unspecified atom stereocenters. The van der Waals surface area contributed by atoms with Crippen molar-refractivity contribution < 1.29 is 9.21 Å². The van der Waals surface area contributed by atoms with Gasteiger partial charge in [0.15, 0.2) is 0 Å². The van der Waals surface area contributed by atoms with Gasteiger partial charge in [-0.1, -0.05) is 0 Å². The highest BCUT2D eigenvalue weighted by Crippen LogP contribution is 2.23. The van der Waals surface area contributed by atoms with Gasteiger partial charge >= 0.3 is 0 Å². The van der Waals surface area contributed by atoms with Gasteiger partial charge in [0.05, 0.1) is 15.9 Å². The van der Waals surface area contributed by atoms with Crippen LogP contribution in [-0.2, 0) is 6.54 Å². The van der Waals surface area contributed by atoms with Crippen LogP contribution in [0, 0.1) is 6.92 Å². The van der Waals surface area contributed by atoms with E-state index in [0.717, 1.165) is 15.3 Å².